The van der Waals surface area contributed by atoms with Crippen LogP contribution >= 0.6 is 0 Å². The molecule has 148 valence electrons. The summed E-state index contributed by atoms with van der Waals surface area (Å²) in [5, 5.41) is 0.202. The van der Waals surface area contributed by atoms with Gasteiger partial charge >= 0.3 is 0 Å². The van der Waals surface area contributed by atoms with Crippen molar-refractivity contribution in [2.45, 2.75) is 77.8 Å². The molecule has 0 amide bonds. The molecule has 0 fully saturated rings. The number of rotatable bonds is 6. The summed E-state index contributed by atoms with van der Waals surface area (Å²) in [6, 6.07) is 7.97. The zero-order chi connectivity index (χ0) is 20.4. The molecule has 0 aliphatic heterocycles. The quantitative estimate of drug-likeness (QED) is 0.382. The van der Waals surface area contributed by atoms with E-state index in [1.165, 1.54) is 0 Å². The normalized spacial score (nSPS) is 13.2. The molecule has 1 aromatic carbocycles. The first-order chi connectivity index (χ1) is 11.6. The molecule has 0 radical (unpaired) electrons. The second kappa shape index (κ2) is 7.81. The standard InChI is InChI=1S/C21H38O3Si2/c1-20(2,3)25(8,9)23-19(24-26(10,11)21(4,5)6)16-17-14-12-13-15-18(17)22-7/h12-16H,1-11H3. The summed E-state index contributed by atoms with van der Waals surface area (Å²) in [6.07, 6.45) is 2.00. The van der Waals surface area contributed by atoms with E-state index >= 15 is 0 Å². The summed E-state index contributed by atoms with van der Waals surface area (Å²) in [4.78, 5) is 0. The fourth-order valence-corrected chi connectivity index (χ4v) is 3.70. The predicted molar refractivity (Wildman–Crippen MR) is 118 cm³/mol. The Balaban J connectivity index is 3.37. The minimum Gasteiger partial charge on any atom is -0.520 e. The third-order valence-corrected chi connectivity index (χ3v) is 14.4. The highest BCUT2D eigenvalue weighted by Crippen LogP contribution is 2.42. The average Bonchev–Trinajstić information content (AvgIpc) is 2.44. The van der Waals surface area contributed by atoms with Crippen LogP contribution < -0.4 is 4.74 Å². The lowest BCUT2D eigenvalue weighted by atomic mass is 10.2. The van der Waals surface area contributed by atoms with Gasteiger partial charge in [-0.05, 0) is 42.3 Å². The van der Waals surface area contributed by atoms with E-state index in [0.717, 1.165) is 11.3 Å². The molecule has 0 unspecified atom stereocenters. The van der Waals surface area contributed by atoms with Gasteiger partial charge in [0.2, 0.25) is 0 Å². The number of para-hydroxylation sites is 1. The third kappa shape index (κ3) is 5.64. The van der Waals surface area contributed by atoms with Gasteiger partial charge in [-0.1, -0.05) is 59.7 Å². The maximum absolute atomic E-state index is 6.59. The SMILES string of the molecule is COc1ccccc1C=C(O[Si](C)(C)C(C)(C)C)O[Si](C)(C)C(C)(C)C. The fraction of sp³-hybridized carbons (Fsp3) is 0.619. The van der Waals surface area contributed by atoms with Gasteiger partial charge in [0.15, 0.2) is 0 Å². The van der Waals surface area contributed by atoms with Crippen molar-refractivity contribution >= 4 is 22.7 Å². The Morgan fingerprint density at radius 1 is 0.808 bits per heavy atom. The van der Waals surface area contributed by atoms with Gasteiger partial charge in [-0.15, -0.1) is 0 Å². The van der Waals surface area contributed by atoms with Crippen molar-refractivity contribution in [3.63, 3.8) is 0 Å². The first-order valence-corrected chi connectivity index (χ1v) is 15.2. The average molecular weight is 395 g/mol. The molecular formula is C21H38O3Si2. The smallest absolute Gasteiger partial charge is 0.254 e. The molecule has 0 heterocycles. The Labute approximate surface area is 163 Å². The van der Waals surface area contributed by atoms with Gasteiger partial charge in [0, 0.05) is 11.6 Å². The van der Waals surface area contributed by atoms with Crippen LogP contribution in [-0.4, -0.2) is 23.7 Å². The Bertz CT molecular complexity index is 605. The van der Waals surface area contributed by atoms with Crippen LogP contribution in [0.1, 0.15) is 47.1 Å². The highest BCUT2D eigenvalue weighted by molar-refractivity contribution is 6.75. The molecule has 3 nitrogen and oxygen atoms in total. The first-order valence-electron chi connectivity index (χ1n) is 9.33. The highest BCUT2D eigenvalue weighted by Gasteiger charge is 2.43. The maximum atomic E-state index is 6.59. The van der Waals surface area contributed by atoms with Crippen LogP contribution in [0.25, 0.3) is 6.08 Å². The minimum atomic E-state index is -2.02. The summed E-state index contributed by atoms with van der Waals surface area (Å²) in [5.41, 5.74) is 0.974. The van der Waals surface area contributed by atoms with Crippen molar-refractivity contribution in [2.75, 3.05) is 7.11 Å². The molecular weight excluding hydrogens is 356 g/mol. The Hall–Kier alpha value is -1.21. The molecule has 5 heteroatoms. The lowest BCUT2D eigenvalue weighted by molar-refractivity contribution is 0.201. The molecule has 0 bridgehead atoms. The summed E-state index contributed by atoms with van der Waals surface area (Å²) in [6.45, 7) is 22.4. The second-order valence-electron chi connectivity index (χ2n) is 9.93. The van der Waals surface area contributed by atoms with E-state index in [2.05, 4.69) is 67.7 Å². The molecule has 0 aromatic heterocycles. The van der Waals surface area contributed by atoms with E-state index in [0.29, 0.717) is 5.95 Å². The van der Waals surface area contributed by atoms with Crippen molar-refractivity contribution in [2.24, 2.45) is 0 Å². The van der Waals surface area contributed by atoms with Crippen LogP contribution in [0.2, 0.25) is 36.3 Å². The van der Waals surface area contributed by atoms with Crippen molar-refractivity contribution in [3.8, 4) is 5.75 Å². The van der Waals surface area contributed by atoms with Crippen molar-refractivity contribution in [3.05, 3.63) is 35.8 Å². The third-order valence-electron chi connectivity index (χ3n) is 5.74. The van der Waals surface area contributed by atoms with E-state index in [4.69, 9.17) is 13.6 Å². The summed E-state index contributed by atoms with van der Waals surface area (Å²) < 4.78 is 18.7. The van der Waals surface area contributed by atoms with E-state index in [-0.39, 0.29) is 10.1 Å². The molecule has 0 spiro atoms. The Morgan fingerprint density at radius 3 is 1.62 bits per heavy atom. The van der Waals surface area contributed by atoms with Crippen LogP contribution in [0.4, 0.5) is 0 Å². The van der Waals surface area contributed by atoms with Crippen molar-refractivity contribution in [1.29, 1.82) is 0 Å². The van der Waals surface area contributed by atoms with Gasteiger partial charge in [-0.3, -0.25) is 0 Å². The lowest BCUT2D eigenvalue weighted by Gasteiger charge is -2.41. The van der Waals surface area contributed by atoms with Crippen molar-refractivity contribution in [1.82, 2.24) is 0 Å². The number of hydrogen-bond donors (Lipinski definition) is 0. The van der Waals surface area contributed by atoms with E-state index in [1.807, 2.05) is 30.3 Å². The number of hydrogen-bond acceptors (Lipinski definition) is 3. The Kier molecular flexibility index (Phi) is 6.86. The number of ether oxygens (including phenoxy) is 1. The zero-order valence-corrected chi connectivity index (χ0v) is 20.6. The van der Waals surface area contributed by atoms with Crippen LogP contribution in [0, 0.1) is 0 Å². The largest absolute Gasteiger partial charge is 0.520 e. The summed E-state index contributed by atoms with van der Waals surface area (Å²) in [7, 11) is -2.35. The molecule has 0 saturated carbocycles. The number of benzene rings is 1. The fourth-order valence-electron chi connectivity index (χ4n) is 1.80. The number of methoxy groups -OCH3 is 1. The lowest BCUT2D eigenvalue weighted by Crippen LogP contribution is -2.45. The van der Waals surface area contributed by atoms with Crippen LogP contribution in [0.5, 0.6) is 5.75 Å². The second-order valence-corrected chi connectivity index (χ2v) is 19.4. The molecule has 1 aromatic rings. The van der Waals surface area contributed by atoms with Crippen LogP contribution in [0.3, 0.4) is 0 Å². The monoisotopic (exact) mass is 394 g/mol. The molecule has 0 saturated heterocycles. The van der Waals surface area contributed by atoms with Gasteiger partial charge < -0.3 is 13.6 Å². The molecule has 0 atom stereocenters. The molecule has 0 aliphatic rings. The van der Waals surface area contributed by atoms with Gasteiger partial charge in [0.05, 0.1) is 7.11 Å². The maximum Gasteiger partial charge on any atom is 0.254 e. The summed E-state index contributed by atoms with van der Waals surface area (Å²) in [5.74, 6) is 1.45. The summed E-state index contributed by atoms with van der Waals surface area (Å²) >= 11 is 0. The molecule has 26 heavy (non-hydrogen) atoms. The van der Waals surface area contributed by atoms with Crippen molar-refractivity contribution < 1.29 is 13.6 Å². The zero-order valence-electron chi connectivity index (χ0n) is 18.6. The molecule has 1 rings (SSSR count). The van der Waals surface area contributed by atoms with Crippen LogP contribution in [0.15, 0.2) is 30.2 Å². The van der Waals surface area contributed by atoms with Gasteiger partial charge in [-0.2, -0.15) is 0 Å². The predicted octanol–water partition coefficient (Wildman–Crippen LogP) is 7.04. The van der Waals surface area contributed by atoms with Gasteiger partial charge in [0.1, 0.15) is 5.75 Å². The van der Waals surface area contributed by atoms with E-state index in [9.17, 15) is 0 Å². The topological polar surface area (TPSA) is 27.7 Å². The van der Waals surface area contributed by atoms with E-state index in [1.54, 1.807) is 7.11 Å². The van der Waals surface area contributed by atoms with E-state index < -0.39 is 16.6 Å². The van der Waals surface area contributed by atoms with Crippen LogP contribution in [-0.2, 0) is 8.85 Å². The molecule has 0 aliphatic carbocycles. The highest BCUT2D eigenvalue weighted by atomic mass is 28.4. The first kappa shape index (κ1) is 22.8. The van der Waals surface area contributed by atoms with Gasteiger partial charge in [-0.25, -0.2) is 0 Å². The Morgan fingerprint density at radius 2 is 1.23 bits per heavy atom. The minimum absolute atomic E-state index is 0.101. The van der Waals surface area contributed by atoms with Gasteiger partial charge in [0.25, 0.3) is 22.6 Å². The molecule has 0 N–H and O–H groups in total.